The average Bonchev–Trinajstić information content (AvgIpc) is 2.99. The first-order valence-electron chi connectivity index (χ1n) is 8.21. The van der Waals surface area contributed by atoms with Gasteiger partial charge in [0, 0.05) is 32.2 Å². The number of halogens is 3. The van der Waals surface area contributed by atoms with Crippen LogP contribution in [0, 0.1) is 6.92 Å². The van der Waals surface area contributed by atoms with E-state index in [9.17, 15) is 18.0 Å². The summed E-state index contributed by atoms with van der Waals surface area (Å²) >= 11 is 0. The van der Waals surface area contributed by atoms with E-state index in [4.69, 9.17) is 4.52 Å². The third-order valence-corrected chi connectivity index (χ3v) is 3.91. The zero-order valence-electron chi connectivity index (χ0n) is 14.5. The van der Waals surface area contributed by atoms with Crippen LogP contribution >= 0.6 is 0 Å². The quantitative estimate of drug-likeness (QED) is 0.843. The predicted molar refractivity (Wildman–Crippen MR) is 89.4 cm³/mol. The number of nitrogens with zero attached hydrogens (tertiary/aromatic N) is 4. The number of ether oxygens (including phenoxy) is 1. The normalized spacial score (nSPS) is 15.6. The second-order valence-corrected chi connectivity index (χ2v) is 6.03. The fraction of sp³-hybridized carbons (Fsp3) is 0.438. The van der Waals surface area contributed by atoms with Crippen molar-refractivity contribution in [3.63, 3.8) is 0 Å². The molecule has 2 aromatic heterocycles. The molecule has 0 saturated carbocycles. The average molecular weight is 385 g/mol. The Morgan fingerprint density at radius 1 is 1.30 bits per heavy atom. The zero-order valence-corrected chi connectivity index (χ0v) is 14.5. The molecular weight excluding hydrogens is 367 g/mol. The topological polar surface area (TPSA) is 83.7 Å². The number of hydrogen-bond acceptors (Lipinski definition) is 7. The molecule has 1 N–H and O–H groups in total. The molecule has 1 aliphatic rings. The van der Waals surface area contributed by atoms with Crippen LogP contribution in [0.1, 0.15) is 5.76 Å². The van der Waals surface area contributed by atoms with E-state index in [0.29, 0.717) is 43.6 Å². The minimum Gasteiger partial charge on any atom is -0.404 e. The summed E-state index contributed by atoms with van der Waals surface area (Å²) < 4.78 is 45.2. The molecule has 0 spiro atoms. The van der Waals surface area contributed by atoms with Crippen LogP contribution in [0.15, 0.2) is 28.9 Å². The van der Waals surface area contributed by atoms with Gasteiger partial charge in [-0.3, -0.25) is 9.69 Å². The third kappa shape index (κ3) is 5.58. The number of nitrogens with one attached hydrogen (secondary N) is 1. The van der Waals surface area contributed by atoms with Gasteiger partial charge in [-0.25, -0.2) is 4.98 Å². The smallest absolute Gasteiger partial charge is 0.404 e. The summed E-state index contributed by atoms with van der Waals surface area (Å²) in [5.41, 5.74) is 0. The Hall–Kier alpha value is -2.82. The standard InChI is InChI=1S/C16H18F3N5O3/c1-11-8-13(22-27-11)21-15(25)10-23-4-6-24(7-5-23)14-3-2-12(9-20-14)26-16(17,18)19/h2-3,8-9H,4-7,10H2,1H3,(H,21,22,25). The number of rotatable bonds is 5. The second-order valence-electron chi connectivity index (χ2n) is 6.03. The number of carbonyl (C=O) groups is 1. The summed E-state index contributed by atoms with van der Waals surface area (Å²) in [6.45, 7) is 4.39. The molecule has 8 nitrogen and oxygen atoms in total. The molecule has 0 unspecified atom stereocenters. The molecular formula is C16H18F3N5O3. The van der Waals surface area contributed by atoms with Crippen molar-refractivity contribution in [2.24, 2.45) is 0 Å². The highest BCUT2D eigenvalue weighted by molar-refractivity contribution is 5.91. The van der Waals surface area contributed by atoms with Gasteiger partial charge in [0.05, 0.1) is 12.7 Å². The Balaban J connectivity index is 1.46. The van der Waals surface area contributed by atoms with Crippen molar-refractivity contribution >= 4 is 17.5 Å². The molecule has 11 heteroatoms. The van der Waals surface area contributed by atoms with Crippen molar-refractivity contribution in [1.82, 2.24) is 15.0 Å². The number of aromatic nitrogens is 2. The maximum absolute atomic E-state index is 12.2. The molecule has 1 amide bonds. The van der Waals surface area contributed by atoms with Crippen LogP contribution in [0.2, 0.25) is 0 Å². The lowest BCUT2D eigenvalue weighted by molar-refractivity contribution is -0.274. The fourth-order valence-electron chi connectivity index (χ4n) is 2.70. The van der Waals surface area contributed by atoms with Crippen LogP contribution in [0.5, 0.6) is 5.75 Å². The van der Waals surface area contributed by atoms with Crippen LogP contribution in [0.3, 0.4) is 0 Å². The van der Waals surface area contributed by atoms with Gasteiger partial charge < -0.3 is 19.5 Å². The lowest BCUT2D eigenvalue weighted by Crippen LogP contribution is -2.48. The van der Waals surface area contributed by atoms with E-state index in [1.54, 1.807) is 13.0 Å². The third-order valence-electron chi connectivity index (χ3n) is 3.91. The SMILES string of the molecule is Cc1cc(NC(=O)CN2CCN(c3ccc(OC(F)(F)F)cn3)CC2)no1. The Morgan fingerprint density at radius 3 is 2.59 bits per heavy atom. The van der Waals surface area contributed by atoms with Crippen LogP contribution < -0.4 is 15.0 Å². The molecule has 0 atom stereocenters. The first kappa shape index (κ1) is 19.0. The van der Waals surface area contributed by atoms with Crippen LogP contribution in [-0.2, 0) is 4.79 Å². The molecule has 0 bridgehead atoms. The highest BCUT2D eigenvalue weighted by Gasteiger charge is 2.31. The molecule has 1 fully saturated rings. The molecule has 0 radical (unpaired) electrons. The number of hydrogen-bond donors (Lipinski definition) is 1. The van der Waals surface area contributed by atoms with Crippen molar-refractivity contribution in [3.8, 4) is 5.75 Å². The first-order chi connectivity index (χ1) is 12.8. The summed E-state index contributed by atoms with van der Waals surface area (Å²) in [6.07, 6.45) is -3.69. The Labute approximate surface area is 152 Å². The Morgan fingerprint density at radius 2 is 2.04 bits per heavy atom. The Bertz CT molecular complexity index is 770. The van der Waals surface area contributed by atoms with Crippen molar-refractivity contribution in [3.05, 3.63) is 30.2 Å². The van der Waals surface area contributed by atoms with E-state index < -0.39 is 6.36 Å². The molecule has 1 aliphatic heterocycles. The molecule has 0 aromatic carbocycles. The molecule has 27 heavy (non-hydrogen) atoms. The van der Waals surface area contributed by atoms with Crippen molar-refractivity contribution in [1.29, 1.82) is 0 Å². The van der Waals surface area contributed by atoms with E-state index in [1.165, 1.54) is 12.1 Å². The maximum atomic E-state index is 12.2. The highest BCUT2D eigenvalue weighted by atomic mass is 19.4. The number of anilines is 2. The number of alkyl halides is 3. The summed E-state index contributed by atoms with van der Waals surface area (Å²) in [4.78, 5) is 20.0. The lowest BCUT2D eigenvalue weighted by atomic mass is 10.3. The summed E-state index contributed by atoms with van der Waals surface area (Å²) in [5, 5.41) is 6.37. The summed E-state index contributed by atoms with van der Waals surface area (Å²) in [5.74, 6) is 0.999. The van der Waals surface area contributed by atoms with Gasteiger partial charge in [-0.1, -0.05) is 5.16 Å². The van der Waals surface area contributed by atoms with Crippen molar-refractivity contribution in [2.75, 3.05) is 42.9 Å². The van der Waals surface area contributed by atoms with Crippen LogP contribution in [0.4, 0.5) is 24.8 Å². The number of aryl methyl sites for hydroxylation is 1. The molecule has 146 valence electrons. The number of pyridine rings is 1. The van der Waals surface area contributed by atoms with Gasteiger partial charge in [0.25, 0.3) is 0 Å². The van der Waals surface area contributed by atoms with E-state index in [-0.39, 0.29) is 18.2 Å². The fourth-order valence-corrected chi connectivity index (χ4v) is 2.70. The van der Waals surface area contributed by atoms with Gasteiger partial charge >= 0.3 is 6.36 Å². The Kier molecular flexibility index (Phi) is 5.49. The van der Waals surface area contributed by atoms with Gasteiger partial charge in [0.15, 0.2) is 5.82 Å². The van der Waals surface area contributed by atoms with Gasteiger partial charge in [-0.2, -0.15) is 0 Å². The highest BCUT2D eigenvalue weighted by Crippen LogP contribution is 2.23. The van der Waals surface area contributed by atoms with Crippen LogP contribution in [0.25, 0.3) is 0 Å². The number of carbonyl (C=O) groups excluding carboxylic acids is 1. The van der Waals surface area contributed by atoms with Crippen LogP contribution in [-0.4, -0.2) is 60.0 Å². The molecule has 0 aliphatic carbocycles. The second kappa shape index (κ2) is 7.82. The van der Waals surface area contributed by atoms with Gasteiger partial charge in [-0.05, 0) is 19.1 Å². The lowest BCUT2D eigenvalue weighted by Gasteiger charge is -2.34. The van der Waals surface area contributed by atoms with E-state index in [2.05, 4.69) is 20.2 Å². The molecule has 3 heterocycles. The van der Waals surface area contributed by atoms with E-state index in [0.717, 1.165) is 6.20 Å². The first-order valence-corrected chi connectivity index (χ1v) is 8.21. The monoisotopic (exact) mass is 385 g/mol. The molecule has 3 rings (SSSR count). The van der Waals surface area contributed by atoms with Gasteiger partial charge in [-0.15, -0.1) is 13.2 Å². The molecule has 1 saturated heterocycles. The summed E-state index contributed by atoms with van der Waals surface area (Å²) in [7, 11) is 0. The molecule has 2 aromatic rings. The number of piperazine rings is 1. The van der Waals surface area contributed by atoms with E-state index in [1.807, 2.05) is 9.80 Å². The minimum absolute atomic E-state index is 0.191. The zero-order chi connectivity index (χ0) is 19.4. The van der Waals surface area contributed by atoms with Crippen molar-refractivity contribution < 1.29 is 27.2 Å². The number of amides is 1. The maximum Gasteiger partial charge on any atom is 0.573 e. The van der Waals surface area contributed by atoms with Crippen molar-refractivity contribution in [2.45, 2.75) is 13.3 Å². The summed E-state index contributed by atoms with van der Waals surface area (Å²) in [6, 6.07) is 4.35. The largest absolute Gasteiger partial charge is 0.573 e. The minimum atomic E-state index is -4.74. The van der Waals surface area contributed by atoms with Gasteiger partial charge in [0.1, 0.15) is 17.3 Å². The predicted octanol–water partition coefficient (Wildman–Crippen LogP) is 2.04. The van der Waals surface area contributed by atoms with E-state index >= 15 is 0 Å². The van der Waals surface area contributed by atoms with Gasteiger partial charge in [0.2, 0.25) is 5.91 Å².